The maximum Gasteiger partial charge on any atom is 0.124 e. The van der Waals surface area contributed by atoms with E-state index in [1.165, 1.54) is 11.6 Å². The Kier molecular flexibility index (Phi) is 5.00. The fraction of sp³-hybridized carbons (Fsp3) is 0.250. The third-order valence-electron chi connectivity index (χ3n) is 2.98. The van der Waals surface area contributed by atoms with Gasteiger partial charge in [-0.05, 0) is 48.7 Å². The summed E-state index contributed by atoms with van der Waals surface area (Å²) in [4.78, 5) is 2.03. The molecule has 1 nitrogen and oxygen atoms in total. The molecule has 0 spiro atoms. The highest BCUT2D eigenvalue weighted by Crippen LogP contribution is 2.28. The van der Waals surface area contributed by atoms with Gasteiger partial charge >= 0.3 is 0 Å². The molecule has 19 heavy (non-hydrogen) atoms. The molecule has 3 heteroatoms. The van der Waals surface area contributed by atoms with E-state index in [0.717, 1.165) is 22.6 Å². The average Bonchev–Trinajstić information content (AvgIpc) is 2.41. The van der Waals surface area contributed by atoms with E-state index in [4.69, 9.17) is 5.73 Å². The molecule has 0 aliphatic heterocycles. The molecule has 2 rings (SSSR count). The van der Waals surface area contributed by atoms with E-state index < -0.39 is 0 Å². The molecule has 2 aromatic carbocycles. The zero-order valence-corrected chi connectivity index (χ0v) is 11.8. The first-order valence-electron chi connectivity index (χ1n) is 6.45. The molecule has 0 heterocycles. The van der Waals surface area contributed by atoms with Crippen LogP contribution in [0.4, 0.5) is 4.39 Å². The molecule has 0 radical (unpaired) electrons. The SMILES string of the molecule is CCC(N)Cc1ccc(Sc2cccc(F)c2)cc1. The van der Waals surface area contributed by atoms with Crippen molar-refractivity contribution in [2.24, 2.45) is 5.73 Å². The van der Waals surface area contributed by atoms with Gasteiger partial charge in [0.05, 0.1) is 0 Å². The van der Waals surface area contributed by atoms with Crippen molar-refractivity contribution in [1.29, 1.82) is 0 Å². The Morgan fingerprint density at radius 3 is 2.47 bits per heavy atom. The van der Waals surface area contributed by atoms with Crippen LogP contribution in [0.15, 0.2) is 58.3 Å². The smallest absolute Gasteiger partial charge is 0.124 e. The summed E-state index contributed by atoms with van der Waals surface area (Å²) in [6.07, 6.45) is 1.89. The molecule has 100 valence electrons. The van der Waals surface area contributed by atoms with E-state index in [1.807, 2.05) is 6.07 Å². The Hall–Kier alpha value is -1.32. The summed E-state index contributed by atoms with van der Waals surface area (Å²) >= 11 is 1.56. The molecule has 0 aliphatic rings. The maximum absolute atomic E-state index is 13.1. The van der Waals surface area contributed by atoms with Crippen molar-refractivity contribution in [2.75, 3.05) is 0 Å². The van der Waals surface area contributed by atoms with E-state index >= 15 is 0 Å². The fourth-order valence-corrected chi connectivity index (χ4v) is 2.67. The molecule has 0 saturated heterocycles. The van der Waals surface area contributed by atoms with E-state index in [1.54, 1.807) is 23.9 Å². The molecule has 1 atom stereocenters. The fourth-order valence-electron chi connectivity index (χ4n) is 1.81. The third-order valence-corrected chi connectivity index (χ3v) is 3.97. The normalized spacial score (nSPS) is 12.4. The van der Waals surface area contributed by atoms with Crippen LogP contribution >= 0.6 is 11.8 Å². The monoisotopic (exact) mass is 275 g/mol. The van der Waals surface area contributed by atoms with Crippen molar-refractivity contribution in [3.05, 3.63) is 59.9 Å². The second kappa shape index (κ2) is 6.73. The highest BCUT2D eigenvalue weighted by Gasteiger charge is 2.03. The predicted molar refractivity (Wildman–Crippen MR) is 78.9 cm³/mol. The van der Waals surface area contributed by atoms with Crippen LogP contribution in [0.2, 0.25) is 0 Å². The van der Waals surface area contributed by atoms with E-state index in [2.05, 4.69) is 31.2 Å². The van der Waals surface area contributed by atoms with Crippen molar-refractivity contribution in [2.45, 2.75) is 35.6 Å². The Morgan fingerprint density at radius 2 is 1.84 bits per heavy atom. The van der Waals surface area contributed by atoms with Gasteiger partial charge in [0.25, 0.3) is 0 Å². The number of halogens is 1. The van der Waals surface area contributed by atoms with E-state index in [-0.39, 0.29) is 11.9 Å². The van der Waals surface area contributed by atoms with Crippen LogP contribution < -0.4 is 5.73 Å². The van der Waals surface area contributed by atoms with Crippen LogP contribution in [0.25, 0.3) is 0 Å². The lowest BCUT2D eigenvalue weighted by atomic mass is 10.1. The first-order valence-corrected chi connectivity index (χ1v) is 7.27. The number of benzene rings is 2. The van der Waals surface area contributed by atoms with Crippen molar-refractivity contribution < 1.29 is 4.39 Å². The van der Waals surface area contributed by atoms with Crippen LogP contribution in [0.1, 0.15) is 18.9 Å². The van der Waals surface area contributed by atoms with Crippen LogP contribution in [0.5, 0.6) is 0 Å². The Bertz CT molecular complexity index is 525. The number of hydrogen-bond donors (Lipinski definition) is 1. The Morgan fingerprint density at radius 1 is 1.11 bits per heavy atom. The molecule has 0 fully saturated rings. The number of hydrogen-bond acceptors (Lipinski definition) is 2. The standard InChI is InChI=1S/C16H18FNS/c1-2-14(18)10-12-6-8-15(9-7-12)19-16-5-3-4-13(17)11-16/h3-9,11,14H,2,10,18H2,1H3. The van der Waals surface area contributed by atoms with Gasteiger partial charge in [-0.3, -0.25) is 0 Å². The third kappa shape index (κ3) is 4.37. The van der Waals surface area contributed by atoms with Gasteiger partial charge in [-0.1, -0.05) is 36.9 Å². The van der Waals surface area contributed by atoms with Crippen LogP contribution in [0, 0.1) is 5.82 Å². The molecule has 0 aromatic heterocycles. The van der Waals surface area contributed by atoms with Gasteiger partial charge in [-0.25, -0.2) is 4.39 Å². The van der Waals surface area contributed by atoms with Crippen LogP contribution in [0.3, 0.4) is 0 Å². The summed E-state index contributed by atoms with van der Waals surface area (Å²) in [7, 11) is 0. The highest BCUT2D eigenvalue weighted by molar-refractivity contribution is 7.99. The lowest BCUT2D eigenvalue weighted by Crippen LogP contribution is -2.21. The molecular weight excluding hydrogens is 257 g/mol. The minimum absolute atomic E-state index is 0.199. The van der Waals surface area contributed by atoms with E-state index in [0.29, 0.717) is 0 Å². The number of rotatable bonds is 5. The van der Waals surface area contributed by atoms with Gasteiger partial charge in [-0.15, -0.1) is 0 Å². The molecule has 0 aliphatic carbocycles. The topological polar surface area (TPSA) is 26.0 Å². The Balaban J connectivity index is 2.02. The quantitative estimate of drug-likeness (QED) is 0.882. The van der Waals surface area contributed by atoms with Gasteiger partial charge in [0, 0.05) is 15.8 Å². The molecule has 0 bridgehead atoms. The predicted octanol–water partition coefficient (Wildman–Crippen LogP) is 4.26. The minimum Gasteiger partial charge on any atom is -0.327 e. The second-order valence-corrected chi connectivity index (χ2v) is 5.72. The minimum atomic E-state index is -0.199. The van der Waals surface area contributed by atoms with Gasteiger partial charge in [0.2, 0.25) is 0 Å². The molecule has 0 amide bonds. The molecular formula is C16H18FNS. The second-order valence-electron chi connectivity index (χ2n) is 4.58. The molecule has 2 N–H and O–H groups in total. The van der Waals surface area contributed by atoms with Crippen molar-refractivity contribution in [1.82, 2.24) is 0 Å². The van der Waals surface area contributed by atoms with Crippen LogP contribution in [-0.4, -0.2) is 6.04 Å². The highest BCUT2D eigenvalue weighted by atomic mass is 32.2. The first-order chi connectivity index (χ1) is 9.17. The van der Waals surface area contributed by atoms with E-state index in [9.17, 15) is 4.39 Å². The summed E-state index contributed by atoms with van der Waals surface area (Å²) < 4.78 is 13.1. The number of nitrogens with two attached hydrogens (primary N) is 1. The summed E-state index contributed by atoms with van der Waals surface area (Å²) in [5.41, 5.74) is 7.18. The summed E-state index contributed by atoms with van der Waals surface area (Å²) in [6.45, 7) is 2.10. The molecule has 1 unspecified atom stereocenters. The van der Waals surface area contributed by atoms with Gasteiger partial charge < -0.3 is 5.73 Å². The lowest BCUT2D eigenvalue weighted by Gasteiger charge is -2.09. The summed E-state index contributed by atoms with van der Waals surface area (Å²) in [5.74, 6) is -0.199. The summed E-state index contributed by atoms with van der Waals surface area (Å²) in [6, 6.07) is 15.2. The maximum atomic E-state index is 13.1. The Labute approximate surface area is 118 Å². The zero-order valence-electron chi connectivity index (χ0n) is 11.0. The lowest BCUT2D eigenvalue weighted by molar-refractivity contribution is 0.624. The van der Waals surface area contributed by atoms with Gasteiger partial charge in [0.15, 0.2) is 0 Å². The van der Waals surface area contributed by atoms with Gasteiger partial charge in [-0.2, -0.15) is 0 Å². The van der Waals surface area contributed by atoms with Crippen molar-refractivity contribution in [3.63, 3.8) is 0 Å². The van der Waals surface area contributed by atoms with Crippen molar-refractivity contribution >= 4 is 11.8 Å². The molecule has 0 saturated carbocycles. The van der Waals surface area contributed by atoms with Crippen LogP contribution in [-0.2, 0) is 6.42 Å². The largest absolute Gasteiger partial charge is 0.327 e. The first kappa shape index (κ1) is 14.1. The zero-order chi connectivity index (χ0) is 13.7. The van der Waals surface area contributed by atoms with Crippen molar-refractivity contribution in [3.8, 4) is 0 Å². The van der Waals surface area contributed by atoms with Gasteiger partial charge in [0.1, 0.15) is 5.82 Å². The molecule has 2 aromatic rings. The summed E-state index contributed by atoms with van der Waals surface area (Å²) in [5, 5.41) is 0. The average molecular weight is 275 g/mol.